The first-order valence-electron chi connectivity index (χ1n) is 5.77. The van der Waals surface area contributed by atoms with Crippen molar-refractivity contribution in [2.75, 3.05) is 26.2 Å². The van der Waals surface area contributed by atoms with E-state index in [-0.39, 0.29) is 0 Å². The lowest BCUT2D eigenvalue weighted by atomic mass is 9.98. The van der Waals surface area contributed by atoms with E-state index in [0.717, 1.165) is 18.5 Å². The molecular weight excluding hydrogens is 172 g/mol. The summed E-state index contributed by atoms with van der Waals surface area (Å²) >= 11 is 0. The summed E-state index contributed by atoms with van der Waals surface area (Å²) in [5.41, 5.74) is 0. The number of likely N-dealkylation sites (tertiary alicyclic amines) is 1. The minimum atomic E-state index is 0.831. The summed E-state index contributed by atoms with van der Waals surface area (Å²) in [7, 11) is 0. The summed E-state index contributed by atoms with van der Waals surface area (Å²) in [6.07, 6.45) is 10.8. The lowest BCUT2D eigenvalue weighted by Crippen LogP contribution is -2.40. The number of hydrogen-bond acceptors (Lipinski definition) is 2. The van der Waals surface area contributed by atoms with Crippen LogP contribution in [-0.4, -0.2) is 37.1 Å². The van der Waals surface area contributed by atoms with Gasteiger partial charge in [0.2, 0.25) is 0 Å². The highest BCUT2D eigenvalue weighted by Gasteiger charge is 2.24. The first kappa shape index (κ1) is 10.0. The largest absolute Gasteiger partial charge is 0.314 e. The monoisotopic (exact) mass is 192 g/mol. The van der Waals surface area contributed by atoms with Crippen molar-refractivity contribution < 1.29 is 0 Å². The molecule has 0 aromatic carbocycles. The number of rotatable bonds is 4. The highest BCUT2D eigenvalue weighted by atomic mass is 15.1. The molecule has 2 fully saturated rings. The zero-order valence-corrected chi connectivity index (χ0v) is 8.84. The van der Waals surface area contributed by atoms with Gasteiger partial charge in [-0.25, -0.2) is 0 Å². The van der Waals surface area contributed by atoms with Gasteiger partial charge < -0.3 is 5.32 Å². The second-order valence-electron chi connectivity index (χ2n) is 4.63. The van der Waals surface area contributed by atoms with Gasteiger partial charge in [0.25, 0.3) is 0 Å². The molecule has 78 valence electrons. The van der Waals surface area contributed by atoms with Crippen LogP contribution in [0.2, 0.25) is 0 Å². The van der Waals surface area contributed by atoms with Gasteiger partial charge in [-0.3, -0.25) is 4.90 Å². The van der Waals surface area contributed by atoms with Gasteiger partial charge in [0.1, 0.15) is 0 Å². The third kappa shape index (κ3) is 3.01. The third-order valence-corrected chi connectivity index (χ3v) is 3.19. The number of nitrogens with zero attached hydrogens (tertiary/aromatic N) is 1. The van der Waals surface area contributed by atoms with E-state index in [2.05, 4.69) is 16.1 Å². The van der Waals surface area contributed by atoms with E-state index in [1.807, 2.05) is 0 Å². The van der Waals surface area contributed by atoms with E-state index in [1.54, 1.807) is 0 Å². The van der Waals surface area contributed by atoms with Crippen LogP contribution in [-0.2, 0) is 0 Å². The lowest BCUT2D eigenvalue weighted by Gasteiger charge is -2.31. The van der Waals surface area contributed by atoms with Crippen molar-refractivity contribution in [3.05, 3.63) is 0 Å². The van der Waals surface area contributed by atoms with E-state index >= 15 is 0 Å². The Kier molecular flexibility index (Phi) is 3.44. The number of terminal acetylenes is 1. The van der Waals surface area contributed by atoms with Gasteiger partial charge in [-0.1, -0.05) is 5.92 Å². The van der Waals surface area contributed by atoms with E-state index in [1.165, 1.54) is 45.3 Å². The average Bonchev–Trinajstić information content (AvgIpc) is 2.99. The van der Waals surface area contributed by atoms with Crippen molar-refractivity contribution in [2.24, 2.45) is 5.92 Å². The topological polar surface area (TPSA) is 15.3 Å². The Morgan fingerprint density at radius 3 is 2.93 bits per heavy atom. The van der Waals surface area contributed by atoms with Crippen LogP contribution in [0.25, 0.3) is 0 Å². The highest BCUT2D eigenvalue weighted by molar-refractivity contribution is 4.90. The normalized spacial score (nSPS) is 28.6. The molecule has 1 heterocycles. The highest BCUT2D eigenvalue weighted by Crippen LogP contribution is 2.21. The fourth-order valence-corrected chi connectivity index (χ4v) is 2.21. The van der Waals surface area contributed by atoms with Crippen molar-refractivity contribution in [3.8, 4) is 12.3 Å². The molecule has 2 heteroatoms. The van der Waals surface area contributed by atoms with E-state index in [9.17, 15) is 0 Å². The summed E-state index contributed by atoms with van der Waals surface area (Å²) in [6, 6.07) is 0.845. The van der Waals surface area contributed by atoms with E-state index in [0.29, 0.717) is 0 Å². The molecule has 14 heavy (non-hydrogen) atoms. The molecule has 1 N–H and O–H groups in total. The maximum absolute atomic E-state index is 5.33. The van der Waals surface area contributed by atoms with Gasteiger partial charge in [0.05, 0.1) is 6.54 Å². The minimum absolute atomic E-state index is 0.831. The van der Waals surface area contributed by atoms with Crippen LogP contribution in [0, 0.1) is 18.3 Å². The first-order chi connectivity index (χ1) is 6.88. The number of nitrogens with one attached hydrogen (secondary N) is 1. The molecule has 0 bridgehead atoms. The second-order valence-corrected chi connectivity index (χ2v) is 4.63. The molecule has 0 radical (unpaired) electrons. The Hall–Kier alpha value is -0.520. The van der Waals surface area contributed by atoms with E-state index in [4.69, 9.17) is 6.42 Å². The van der Waals surface area contributed by atoms with Crippen LogP contribution in [0.15, 0.2) is 0 Å². The fourth-order valence-electron chi connectivity index (χ4n) is 2.21. The maximum atomic E-state index is 5.33. The summed E-state index contributed by atoms with van der Waals surface area (Å²) in [6.45, 7) is 4.43. The molecule has 0 aromatic heterocycles. The zero-order chi connectivity index (χ0) is 9.80. The molecule has 2 rings (SSSR count). The summed E-state index contributed by atoms with van der Waals surface area (Å²) in [4.78, 5) is 2.41. The molecule has 1 atom stereocenters. The SMILES string of the molecule is C#CCN1CCCC(CNC2CC2)C1. The van der Waals surface area contributed by atoms with E-state index < -0.39 is 0 Å². The molecule has 2 aliphatic rings. The molecule has 1 aliphatic heterocycles. The van der Waals surface area contributed by atoms with Crippen molar-refractivity contribution in [1.29, 1.82) is 0 Å². The Morgan fingerprint density at radius 1 is 1.36 bits per heavy atom. The predicted molar refractivity (Wildman–Crippen MR) is 59.0 cm³/mol. The van der Waals surface area contributed by atoms with Gasteiger partial charge in [-0.15, -0.1) is 6.42 Å². The van der Waals surface area contributed by atoms with Crippen LogP contribution < -0.4 is 5.32 Å². The Morgan fingerprint density at radius 2 is 2.21 bits per heavy atom. The van der Waals surface area contributed by atoms with Crippen LogP contribution in [0.4, 0.5) is 0 Å². The lowest BCUT2D eigenvalue weighted by molar-refractivity contribution is 0.190. The van der Waals surface area contributed by atoms with Crippen LogP contribution in [0.1, 0.15) is 25.7 Å². The number of hydrogen-bond donors (Lipinski definition) is 1. The van der Waals surface area contributed by atoms with Gasteiger partial charge in [-0.2, -0.15) is 0 Å². The summed E-state index contributed by atoms with van der Waals surface area (Å²) in [5, 5.41) is 3.61. The molecule has 1 unspecified atom stereocenters. The van der Waals surface area contributed by atoms with Crippen molar-refractivity contribution in [1.82, 2.24) is 10.2 Å². The average molecular weight is 192 g/mol. The fraction of sp³-hybridized carbons (Fsp3) is 0.833. The molecular formula is C12H20N2. The molecule has 2 nitrogen and oxygen atoms in total. The van der Waals surface area contributed by atoms with Crippen molar-refractivity contribution >= 4 is 0 Å². The number of piperidine rings is 1. The van der Waals surface area contributed by atoms with Gasteiger partial charge in [0.15, 0.2) is 0 Å². The summed E-state index contributed by atoms with van der Waals surface area (Å²) in [5.74, 6) is 3.57. The van der Waals surface area contributed by atoms with Gasteiger partial charge in [-0.05, 0) is 44.7 Å². The molecule has 0 aromatic rings. The maximum Gasteiger partial charge on any atom is 0.0599 e. The predicted octanol–water partition coefficient (Wildman–Crippen LogP) is 1.08. The van der Waals surface area contributed by atoms with Gasteiger partial charge >= 0.3 is 0 Å². The quantitative estimate of drug-likeness (QED) is 0.671. The second kappa shape index (κ2) is 4.82. The zero-order valence-electron chi connectivity index (χ0n) is 8.84. The van der Waals surface area contributed by atoms with Gasteiger partial charge in [0, 0.05) is 12.6 Å². The molecule has 1 aliphatic carbocycles. The third-order valence-electron chi connectivity index (χ3n) is 3.19. The minimum Gasteiger partial charge on any atom is -0.314 e. The first-order valence-corrected chi connectivity index (χ1v) is 5.77. The molecule has 0 spiro atoms. The standard InChI is InChI=1S/C12H20N2/c1-2-7-14-8-3-4-11(10-14)9-13-12-5-6-12/h1,11-13H,3-10H2. The van der Waals surface area contributed by atoms with Crippen LogP contribution in [0.5, 0.6) is 0 Å². The Bertz CT molecular complexity index is 215. The molecule has 0 amide bonds. The van der Waals surface area contributed by atoms with Crippen LogP contribution in [0.3, 0.4) is 0 Å². The van der Waals surface area contributed by atoms with Crippen molar-refractivity contribution in [2.45, 2.75) is 31.7 Å². The molecule has 1 saturated carbocycles. The Balaban J connectivity index is 1.67. The van der Waals surface area contributed by atoms with Crippen molar-refractivity contribution in [3.63, 3.8) is 0 Å². The smallest absolute Gasteiger partial charge is 0.0599 e. The van der Waals surface area contributed by atoms with Crippen LogP contribution >= 0.6 is 0 Å². The Labute approximate surface area is 87.1 Å². The molecule has 1 saturated heterocycles. The summed E-state index contributed by atoms with van der Waals surface area (Å²) < 4.78 is 0.